The molecule has 1 amide bonds. The van der Waals surface area contributed by atoms with Gasteiger partial charge in [0.05, 0.1) is 24.4 Å². The van der Waals surface area contributed by atoms with Crippen molar-refractivity contribution in [3.05, 3.63) is 142 Å². The maximum atomic E-state index is 13.5. The molecule has 0 aliphatic carbocycles. The van der Waals surface area contributed by atoms with E-state index in [2.05, 4.69) is 38.1 Å². The summed E-state index contributed by atoms with van der Waals surface area (Å²) in [6, 6.07) is 33.1. The van der Waals surface area contributed by atoms with Crippen LogP contribution in [0.5, 0.6) is 0 Å². The van der Waals surface area contributed by atoms with Crippen LogP contribution in [0.3, 0.4) is 0 Å². The van der Waals surface area contributed by atoms with Crippen LogP contribution in [0.2, 0.25) is 0 Å². The van der Waals surface area contributed by atoms with E-state index >= 15 is 0 Å². The fourth-order valence-electron chi connectivity index (χ4n) is 8.64. The number of benzene rings is 4. The largest absolute Gasteiger partial charge is 0.461 e. The Labute approximate surface area is 512 Å². The number of aliphatic hydroxyl groups excluding tert-OH is 1. The minimum atomic E-state index is -1.05. The molecule has 0 spiro atoms. The topological polar surface area (TPSA) is 185 Å². The molecule has 4 aromatic carbocycles. The fourth-order valence-corrected chi connectivity index (χ4v) is 9.45. The molecule has 0 saturated heterocycles. The van der Waals surface area contributed by atoms with Gasteiger partial charge in [-0.2, -0.15) is 0 Å². The summed E-state index contributed by atoms with van der Waals surface area (Å²) >= 11 is 1.18. The van der Waals surface area contributed by atoms with Crippen molar-refractivity contribution < 1.29 is 62.3 Å². The van der Waals surface area contributed by atoms with Crippen LogP contribution in [0.4, 0.5) is 4.79 Å². The summed E-state index contributed by atoms with van der Waals surface area (Å²) in [6.07, 6.45) is 5.38. The molecule has 0 radical (unpaired) electrons. The molecule has 15 nitrogen and oxygen atoms in total. The van der Waals surface area contributed by atoms with Crippen LogP contribution in [0, 0.1) is 51.4 Å². The van der Waals surface area contributed by atoms with Crippen molar-refractivity contribution in [3.63, 3.8) is 0 Å². The Bertz CT molecular complexity index is 2470. The Hall–Kier alpha value is -6.07. The lowest BCUT2D eigenvalue weighted by molar-refractivity contribution is -0.169. The number of carbonyl (C=O) groups excluding carboxylic acids is 6. The molecular formula is C69H100N2O13S. The summed E-state index contributed by atoms with van der Waals surface area (Å²) in [4.78, 5) is 82.6. The van der Waals surface area contributed by atoms with Gasteiger partial charge in [-0.1, -0.05) is 159 Å². The van der Waals surface area contributed by atoms with Crippen LogP contribution in [-0.4, -0.2) is 142 Å². The predicted molar refractivity (Wildman–Crippen MR) is 337 cm³/mol. The summed E-state index contributed by atoms with van der Waals surface area (Å²) in [5, 5.41) is 8.68. The van der Waals surface area contributed by atoms with Crippen molar-refractivity contribution in [1.29, 1.82) is 0 Å². The molecule has 0 aromatic heterocycles. The quantitative estimate of drug-likeness (QED) is 0.0254. The van der Waals surface area contributed by atoms with Gasteiger partial charge in [0.15, 0.2) is 12.2 Å². The molecule has 16 heteroatoms. The Kier molecular flexibility index (Phi) is 36.1. The van der Waals surface area contributed by atoms with Gasteiger partial charge in [-0.3, -0.25) is 28.8 Å². The first-order chi connectivity index (χ1) is 40.6. The second-order valence-corrected chi connectivity index (χ2v) is 24.2. The van der Waals surface area contributed by atoms with Gasteiger partial charge in [-0.15, -0.1) is 0 Å². The van der Waals surface area contributed by atoms with Crippen LogP contribution in [0.15, 0.2) is 97.1 Å². The van der Waals surface area contributed by atoms with Gasteiger partial charge in [-0.25, -0.2) is 0 Å². The van der Waals surface area contributed by atoms with Gasteiger partial charge in [0.25, 0.3) is 5.24 Å². The maximum Gasteiger partial charge on any atom is 0.308 e. The molecule has 0 bridgehead atoms. The van der Waals surface area contributed by atoms with E-state index in [1.807, 2.05) is 119 Å². The van der Waals surface area contributed by atoms with E-state index in [0.717, 1.165) is 60.0 Å². The van der Waals surface area contributed by atoms with Gasteiger partial charge >= 0.3 is 29.8 Å². The Morgan fingerprint density at radius 1 is 0.471 bits per heavy atom. The van der Waals surface area contributed by atoms with Gasteiger partial charge in [-0.05, 0) is 147 Å². The van der Waals surface area contributed by atoms with Crippen molar-refractivity contribution in [2.45, 2.75) is 151 Å². The summed E-state index contributed by atoms with van der Waals surface area (Å²) in [5.74, 6) is -2.61. The maximum absolute atomic E-state index is 13.5. The minimum Gasteiger partial charge on any atom is -0.461 e. The SMILES string of the molecule is COCC(COC(=O)C(C)CCc1ccc(C)cc1)OC(=O)CCCN(CCCC(=O)OC(COC(=O)C(C)CCc1ccc(C)cc1)COC(=O)C(C)CCc1ccc(C)cc1)C(=O)SCCCN(C)C.Cc1ccc(CCC(C)CO)cc1. The number of amides is 1. The number of ether oxygens (including phenoxy) is 6. The van der Waals surface area contributed by atoms with E-state index in [1.165, 1.54) is 35.6 Å². The molecule has 0 fully saturated rings. The summed E-state index contributed by atoms with van der Waals surface area (Å²) in [5.41, 5.74) is 9.51. The zero-order valence-electron chi connectivity index (χ0n) is 52.9. The lowest BCUT2D eigenvalue weighted by Crippen LogP contribution is -2.34. The third-order valence-corrected chi connectivity index (χ3v) is 15.6. The number of aliphatic hydroxyl groups is 1. The van der Waals surface area contributed by atoms with E-state index in [9.17, 15) is 28.8 Å². The third-order valence-electron chi connectivity index (χ3n) is 14.6. The summed E-state index contributed by atoms with van der Waals surface area (Å²) in [6.45, 7) is 16.5. The first-order valence-corrected chi connectivity index (χ1v) is 31.4. The Morgan fingerprint density at radius 2 is 0.800 bits per heavy atom. The predicted octanol–water partition coefficient (Wildman–Crippen LogP) is 12.0. The summed E-state index contributed by atoms with van der Waals surface area (Å²) in [7, 11) is 5.40. The average molecular weight is 1200 g/mol. The number of thioether (sulfide) groups is 1. The van der Waals surface area contributed by atoms with Crippen LogP contribution in [0.25, 0.3) is 0 Å². The highest BCUT2D eigenvalue weighted by Crippen LogP contribution is 2.19. The monoisotopic (exact) mass is 1200 g/mol. The molecule has 0 saturated carbocycles. The number of esters is 5. The van der Waals surface area contributed by atoms with Crippen molar-refractivity contribution in [1.82, 2.24) is 9.80 Å². The van der Waals surface area contributed by atoms with E-state index in [4.69, 9.17) is 33.5 Å². The molecule has 4 aromatic rings. The number of methoxy groups -OCH3 is 1. The van der Waals surface area contributed by atoms with E-state index in [-0.39, 0.29) is 82.3 Å². The Morgan fingerprint density at radius 3 is 1.12 bits per heavy atom. The molecule has 4 rings (SSSR count). The number of rotatable bonds is 38. The Balaban J connectivity index is 0.00000128. The second kappa shape index (κ2) is 41.9. The fraction of sp³-hybridized carbons (Fsp3) is 0.565. The van der Waals surface area contributed by atoms with E-state index < -0.39 is 47.9 Å². The molecule has 1 N–H and O–H groups in total. The van der Waals surface area contributed by atoms with Crippen molar-refractivity contribution in [2.75, 3.05) is 79.6 Å². The lowest BCUT2D eigenvalue weighted by Gasteiger charge is -2.23. The third kappa shape index (κ3) is 32.9. The zero-order valence-corrected chi connectivity index (χ0v) is 53.7. The van der Waals surface area contributed by atoms with Gasteiger partial charge in [0.1, 0.15) is 19.8 Å². The van der Waals surface area contributed by atoms with Crippen LogP contribution >= 0.6 is 11.8 Å². The van der Waals surface area contributed by atoms with Crippen molar-refractivity contribution in [3.8, 4) is 0 Å². The second-order valence-electron chi connectivity index (χ2n) is 23.1. The van der Waals surface area contributed by atoms with Gasteiger partial charge in [0.2, 0.25) is 0 Å². The van der Waals surface area contributed by atoms with Crippen LogP contribution in [0.1, 0.15) is 130 Å². The molecule has 5 unspecified atom stereocenters. The van der Waals surface area contributed by atoms with Crippen molar-refractivity contribution >= 4 is 46.8 Å². The molecule has 85 heavy (non-hydrogen) atoms. The molecule has 5 atom stereocenters. The van der Waals surface area contributed by atoms with Crippen molar-refractivity contribution in [2.24, 2.45) is 23.7 Å². The standard InChI is InChI=1S/C57H82N2O12S.C12H18O/c1-41-15-24-47(25-16-41)30-21-44(4)54(62)67-38-50(37-66-9)70-52(60)13-10-34-59(57(65)72-36-12-33-58(7)8)35-11-14-53(61)71-51(39-68-55(63)45(5)22-31-48-26-17-42(2)18-27-48)40-69-56(64)46(6)23-32-49-28-19-43(3)20-29-49;1-10-3-6-12(7-4-10)8-5-11(2)9-13/h15-20,24-29,44-46,50-51H,10-14,21-23,30-40H2,1-9H3;3-4,6-7,11,13H,5,8-9H2,1-2H3. The molecule has 0 aliphatic heterocycles. The van der Waals surface area contributed by atoms with Gasteiger partial charge < -0.3 is 43.3 Å². The molecular weight excluding hydrogens is 1100 g/mol. The molecule has 0 aliphatic rings. The number of hydrogen-bond acceptors (Lipinski definition) is 15. The molecule has 470 valence electrons. The van der Waals surface area contributed by atoms with E-state index in [1.54, 1.807) is 18.7 Å². The normalized spacial score (nSPS) is 13.2. The van der Waals surface area contributed by atoms with Crippen LogP contribution < -0.4 is 0 Å². The first-order valence-electron chi connectivity index (χ1n) is 30.4. The molecule has 0 heterocycles. The number of nitrogens with zero attached hydrogens (tertiary/aromatic N) is 2. The number of hydrogen-bond donors (Lipinski definition) is 1. The lowest BCUT2D eigenvalue weighted by atomic mass is 10.0. The van der Waals surface area contributed by atoms with Gasteiger partial charge in [0, 0.05) is 45.4 Å². The number of aryl methyl sites for hydroxylation is 8. The van der Waals surface area contributed by atoms with E-state index in [0.29, 0.717) is 50.4 Å². The number of carbonyl (C=O) groups is 6. The smallest absolute Gasteiger partial charge is 0.308 e. The minimum absolute atomic E-state index is 0.00745. The zero-order chi connectivity index (χ0) is 62.5. The highest BCUT2D eigenvalue weighted by molar-refractivity contribution is 8.13. The summed E-state index contributed by atoms with van der Waals surface area (Å²) < 4.78 is 33.5. The first kappa shape index (κ1) is 73.2. The average Bonchev–Trinajstić information content (AvgIpc) is 3.49. The highest BCUT2D eigenvalue weighted by Gasteiger charge is 2.25. The van der Waals surface area contributed by atoms with Crippen LogP contribution in [-0.2, 0) is 78.1 Å². The highest BCUT2D eigenvalue weighted by atomic mass is 32.2.